The van der Waals surface area contributed by atoms with Crippen molar-refractivity contribution in [3.63, 3.8) is 0 Å². The van der Waals surface area contributed by atoms with E-state index < -0.39 is 32.0 Å². The molecule has 2 atom stereocenters. The molecule has 2 rings (SSSR count). The van der Waals surface area contributed by atoms with Crippen molar-refractivity contribution in [3.8, 4) is 6.07 Å². The molecule has 1 aliphatic rings. The third-order valence-electron chi connectivity index (χ3n) is 3.78. The van der Waals surface area contributed by atoms with Crippen molar-refractivity contribution in [2.24, 2.45) is 5.92 Å². The number of hydrogen-bond acceptors (Lipinski definition) is 6. The Bertz CT molecular complexity index is 843. The van der Waals surface area contributed by atoms with Crippen molar-refractivity contribution in [1.82, 2.24) is 9.03 Å². The van der Waals surface area contributed by atoms with Crippen LogP contribution in [0.15, 0.2) is 29.2 Å². The summed E-state index contributed by atoms with van der Waals surface area (Å²) in [6.07, 6.45) is 0. The van der Waals surface area contributed by atoms with Crippen molar-refractivity contribution in [1.29, 1.82) is 5.26 Å². The third kappa shape index (κ3) is 4.12. The Morgan fingerprint density at radius 1 is 1.25 bits per heavy atom. The van der Waals surface area contributed by atoms with Crippen molar-refractivity contribution in [3.05, 3.63) is 29.8 Å². The van der Waals surface area contributed by atoms with E-state index >= 15 is 0 Å². The molecule has 1 fully saturated rings. The Balaban J connectivity index is 2.21. The van der Waals surface area contributed by atoms with E-state index in [9.17, 15) is 16.8 Å². The molecule has 0 aliphatic carbocycles. The monoisotopic (exact) mass is 373 g/mol. The normalized spacial score (nSPS) is 21.8. The predicted molar refractivity (Wildman–Crippen MR) is 87.0 cm³/mol. The van der Waals surface area contributed by atoms with Gasteiger partial charge >= 0.3 is 0 Å². The fourth-order valence-electron chi connectivity index (χ4n) is 2.37. The standard InChI is InChI=1S/C14H19N3O5S2/c1-17(2)23(18,19)10-12-8-22-9-13(12)16-24(20,21)14-6-4-3-5-11(14)7-15/h3-6,12-13,16H,8-10H2,1-2H3/t12-,13-/m0/s1. The average molecular weight is 373 g/mol. The largest absolute Gasteiger partial charge is 0.379 e. The molecule has 132 valence electrons. The highest BCUT2D eigenvalue weighted by Crippen LogP contribution is 2.21. The lowest BCUT2D eigenvalue weighted by Crippen LogP contribution is -2.43. The van der Waals surface area contributed by atoms with Gasteiger partial charge in [-0.05, 0) is 12.1 Å². The summed E-state index contributed by atoms with van der Waals surface area (Å²) in [6, 6.07) is 7.01. The van der Waals surface area contributed by atoms with Gasteiger partial charge in [0.05, 0.1) is 35.5 Å². The minimum absolute atomic E-state index is 0.0291. The first kappa shape index (κ1) is 18.8. The third-order valence-corrected chi connectivity index (χ3v) is 7.29. The Hall–Kier alpha value is -1.51. The van der Waals surface area contributed by atoms with Gasteiger partial charge < -0.3 is 4.74 Å². The molecule has 1 N–H and O–H groups in total. The van der Waals surface area contributed by atoms with Crippen LogP contribution in [-0.2, 0) is 24.8 Å². The molecule has 1 heterocycles. The summed E-state index contributed by atoms with van der Waals surface area (Å²) in [5.74, 6) is -0.714. The van der Waals surface area contributed by atoms with Crippen LogP contribution in [0.4, 0.5) is 0 Å². The molecule has 0 unspecified atom stereocenters. The van der Waals surface area contributed by atoms with Gasteiger partial charge in [0.15, 0.2) is 0 Å². The SMILES string of the molecule is CN(C)S(=O)(=O)C[C@@H]1COC[C@@H]1NS(=O)(=O)c1ccccc1C#N. The smallest absolute Gasteiger partial charge is 0.242 e. The van der Waals surface area contributed by atoms with Crippen LogP contribution in [0, 0.1) is 17.2 Å². The number of ether oxygens (including phenoxy) is 1. The molecule has 10 heteroatoms. The van der Waals surface area contributed by atoms with Gasteiger partial charge in [0.25, 0.3) is 0 Å². The van der Waals surface area contributed by atoms with E-state index in [1.165, 1.54) is 32.3 Å². The van der Waals surface area contributed by atoms with Crippen LogP contribution in [0.2, 0.25) is 0 Å². The lowest BCUT2D eigenvalue weighted by Gasteiger charge is -2.21. The Morgan fingerprint density at radius 3 is 2.54 bits per heavy atom. The fraction of sp³-hybridized carbons (Fsp3) is 0.500. The fourth-order valence-corrected chi connectivity index (χ4v) is 4.98. The van der Waals surface area contributed by atoms with Crippen LogP contribution in [0.1, 0.15) is 5.56 Å². The molecule has 0 bridgehead atoms. The van der Waals surface area contributed by atoms with Crippen molar-refractivity contribution in [2.75, 3.05) is 33.1 Å². The summed E-state index contributed by atoms with van der Waals surface area (Å²) in [5.41, 5.74) is 0.0291. The molecule has 0 saturated carbocycles. The molecule has 1 aromatic carbocycles. The highest BCUT2D eigenvalue weighted by molar-refractivity contribution is 7.89. The maximum absolute atomic E-state index is 12.5. The van der Waals surface area contributed by atoms with E-state index in [2.05, 4.69) is 4.72 Å². The van der Waals surface area contributed by atoms with Crippen LogP contribution in [0.5, 0.6) is 0 Å². The topological polar surface area (TPSA) is 117 Å². The van der Waals surface area contributed by atoms with Crippen LogP contribution in [0.25, 0.3) is 0 Å². The van der Waals surface area contributed by atoms with Gasteiger partial charge in [-0.25, -0.2) is 25.9 Å². The number of rotatable bonds is 6. The van der Waals surface area contributed by atoms with Crippen LogP contribution in [-0.4, -0.2) is 60.2 Å². The summed E-state index contributed by atoms with van der Waals surface area (Å²) >= 11 is 0. The molecule has 0 spiro atoms. The Labute approximate surface area is 142 Å². The van der Waals surface area contributed by atoms with Gasteiger partial charge in [0, 0.05) is 20.0 Å². The minimum atomic E-state index is -3.96. The maximum atomic E-state index is 12.5. The van der Waals surface area contributed by atoms with Crippen LogP contribution < -0.4 is 4.72 Å². The number of nitrogens with one attached hydrogen (secondary N) is 1. The van der Waals surface area contributed by atoms with Crippen LogP contribution >= 0.6 is 0 Å². The zero-order valence-electron chi connectivity index (χ0n) is 13.3. The second-order valence-electron chi connectivity index (χ2n) is 5.69. The molecule has 0 amide bonds. The highest BCUT2D eigenvalue weighted by atomic mass is 32.2. The zero-order chi connectivity index (χ0) is 18.0. The second-order valence-corrected chi connectivity index (χ2v) is 9.60. The first-order valence-electron chi connectivity index (χ1n) is 7.17. The summed E-state index contributed by atoms with van der Waals surface area (Å²) in [5, 5.41) is 9.06. The molecule has 1 aromatic rings. The minimum Gasteiger partial charge on any atom is -0.379 e. The van der Waals surface area contributed by atoms with E-state index in [0.717, 1.165) is 4.31 Å². The average Bonchev–Trinajstić information content (AvgIpc) is 2.92. The van der Waals surface area contributed by atoms with E-state index in [1.54, 1.807) is 6.07 Å². The van der Waals surface area contributed by atoms with Gasteiger partial charge in [-0.1, -0.05) is 12.1 Å². The first-order chi connectivity index (χ1) is 11.2. The molecular weight excluding hydrogens is 354 g/mol. The number of sulfonamides is 2. The van der Waals surface area contributed by atoms with Gasteiger partial charge in [-0.3, -0.25) is 0 Å². The summed E-state index contributed by atoms with van der Waals surface area (Å²) in [6.45, 7) is 0.238. The Morgan fingerprint density at radius 2 is 1.92 bits per heavy atom. The number of nitriles is 1. The number of nitrogens with zero attached hydrogens (tertiary/aromatic N) is 2. The molecular formula is C14H19N3O5S2. The van der Waals surface area contributed by atoms with E-state index in [1.807, 2.05) is 6.07 Å². The van der Waals surface area contributed by atoms with Gasteiger partial charge in [-0.2, -0.15) is 5.26 Å². The zero-order valence-corrected chi connectivity index (χ0v) is 15.0. The van der Waals surface area contributed by atoms with E-state index in [0.29, 0.717) is 0 Å². The van der Waals surface area contributed by atoms with Gasteiger partial charge in [0.1, 0.15) is 6.07 Å². The molecule has 1 saturated heterocycles. The first-order valence-corrected chi connectivity index (χ1v) is 10.3. The molecule has 0 radical (unpaired) electrons. The lowest BCUT2D eigenvalue weighted by molar-refractivity contribution is 0.185. The van der Waals surface area contributed by atoms with Crippen LogP contribution in [0.3, 0.4) is 0 Å². The molecule has 8 nitrogen and oxygen atoms in total. The summed E-state index contributed by atoms with van der Waals surface area (Å²) in [7, 11) is -4.59. The van der Waals surface area contributed by atoms with E-state index in [4.69, 9.17) is 10.00 Å². The van der Waals surface area contributed by atoms with Gasteiger partial charge in [0.2, 0.25) is 20.0 Å². The molecule has 24 heavy (non-hydrogen) atoms. The van der Waals surface area contributed by atoms with Crippen molar-refractivity contribution < 1.29 is 21.6 Å². The number of benzene rings is 1. The number of hydrogen-bond donors (Lipinski definition) is 1. The summed E-state index contributed by atoms with van der Waals surface area (Å²) < 4.78 is 57.9. The highest BCUT2D eigenvalue weighted by Gasteiger charge is 2.36. The summed E-state index contributed by atoms with van der Waals surface area (Å²) in [4.78, 5) is -0.131. The quantitative estimate of drug-likeness (QED) is 0.734. The predicted octanol–water partition coefficient (Wildman–Crippen LogP) is -0.257. The Kier molecular flexibility index (Phi) is 5.62. The van der Waals surface area contributed by atoms with Crippen molar-refractivity contribution >= 4 is 20.0 Å². The molecule has 1 aliphatic heterocycles. The van der Waals surface area contributed by atoms with Crippen molar-refractivity contribution in [2.45, 2.75) is 10.9 Å². The van der Waals surface area contributed by atoms with Gasteiger partial charge in [-0.15, -0.1) is 0 Å². The molecule has 0 aromatic heterocycles. The maximum Gasteiger partial charge on any atom is 0.242 e. The second kappa shape index (κ2) is 7.16. The lowest BCUT2D eigenvalue weighted by atomic mass is 10.1. The van der Waals surface area contributed by atoms with E-state index in [-0.39, 0.29) is 29.4 Å².